The maximum Gasteiger partial charge on any atom is 0.264 e. The Morgan fingerprint density at radius 1 is 1.12 bits per heavy atom. The van der Waals surface area contributed by atoms with Crippen molar-refractivity contribution in [2.75, 3.05) is 7.11 Å². The number of rotatable bonds is 6. The highest BCUT2D eigenvalue weighted by Crippen LogP contribution is 2.22. The van der Waals surface area contributed by atoms with Crippen molar-refractivity contribution in [3.05, 3.63) is 60.0 Å². The van der Waals surface area contributed by atoms with Gasteiger partial charge in [-0.1, -0.05) is 29.4 Å². The fraction of sp³-hybridized carbons (Fsp3) is 0.222. The van der Waals surface area contributed by atoms with Gasteiger partial charge in [0, 0.05) is 5.56 Å². The normalized spacial score (nSPS) is 12.0. The smallest absolute Gasteiger partial charge is 0.264 e. The van der Waals surface area contributed by atoms with Gasteiger partial charge in [0.1, 0.15) is 11.5 Å². The zero-order chi connectivity index (χ0) is 16.9. The number of aliphatic hydroxyl groups excluding tert-OH is 1. The van der Waals surface area contributed by atoms with Crippen molar-refractivity contribution in [2.45, 2.75) is 19.6 Å². The second kappa shape index (κ2) is 7.14. The lowest BCUT2D eigenvalue weighted by molar-refractivity contribution is 0.197. The van der Waals surface area contributed by atoms with Gasteiger partial charge >= 0.3 is 0 Å². The molecule has 2 aromatic carbocycles. The highest BCUT2D eigenvalue weighted by molar-refractivity contribution is 5.56. The van der Waals surface area contributed by atoms with Crippen molar-refractivity contribution in [1.82, 2.24) is 10.1 Å². The highest BCUT2D eigenvalue weighted by Gasteiger charge is 2.10. The first-order valence-electron chi connectivity index (χ1n) is 7.53. The lowest BCUT2D eigenvalue weighted by Crippen LogP contribution is -1.97. The summed E-state index contributed by atoms with van der Waals surface area (Å²) in [7, 11) is 1.61. The number of hydrogen-bond donors (Lipinski definition) is 1. The first-order valence-corrected chi connectivity index (χ1v) is 7.53. The molecule has 0 fully saturated rings. The minimum Gasteiger partial charge on any atom is -0.497 e. The summed E-state index contributed by atoms with van der Waals surface area (Å²) in [6.45, 7) is 1.86. The van der Waals surface area contributed by atoms with Gasteiger partial charge in [0.2, 0.25) is 5.82 Å². The Labute approximate surface area is 139 Å². The first-order chi connectivity index (χ1) is 11.7. The van der Waals surface area contributed by atoms with E-state index in [1.165, 1.54) is 0 Å². The molecule has 1 unspecified atom stereocenters. The van der Waals surface area contributed by atoms with Crippen molar-refractivity contribution in [3.63, 3.8) is 0 Å². The van der Waals surface area contributed by atoms with Gasteiger partial charge in [-0.25, -0.2) is 0 Å². The molecule has 1 aromatic heterocycles. The van der Waals surface area contributed by atoms with Crippen LogP contribution in [0, 0.1) is 0 Å². The average Bonchev–Trinajstić information content (AvgIpc) is 3.09. The second-order valence-corrected chi connectivity index (χ2v) is 5.28. The van der Waals surface area contributed by atoms with Crippen LogP contribution >= 0.6 is 0 Å². The second-order valence-electron chi connectivity index (χ2n) is 5.28. The van der Waals surface area contributed by atoms with Crippen LogP contribution in [0.1, 0.15) is 24.5 Å². The Balaban J connectivity index is 1.69. The summed E-state index contributed by atoms with van der Waals surface area (Å²) in [5.74, 6) is 2.21. The highest BCUT2D eigenvalue weighted by atomic mass is 16.5. The quantitative estimate of drug-likeness (QED) is 0.748. The van der Waals surface area contributed by atoms with E-state index in [1.807, 2.05) is 42.5 Å². The van der Waals surface area contributed by atoms with Crippen molar-refractivity contribution in [3.8, 4) is 22.9 Å². The van der Waals surface area contributed by atoms with Gasteiger partial charge in [-0.15, -0.1) is 0 Å². The molecule has 3 rings (SSSR count). The van der Waals surface area contributed by atoms with E-state index in [9.17, 15) is 5.11 Å². The molecule has 1 atom stereocenters. The van der Waals surface area contributed by atoms with Crippen LogP contribution in [0.25, 0.3) is 11.4 Å². The minimum atomic E-state index is -0.545. The molecule has 0 saturated carbocycles. The lowest BCUT2D eigenvalue weighted by atomic mass is 10.1. The molecular formula is C18H18N2O4. The first kappa shape index (κ1) is 16.0. The predicted octanol–water partition coefficient (Wildman–Crippen LogP) is 3.38. The van der Waals surface area contributed by atoms with Crippen molar-refractivity contribution in [1.29, 1.82) is 0 Å². The molecule has 0 aliphatic heterocycles. The third kappa shape index (κ3) is 3.72. The van der Waals surface area contributed by atoms with Gasteiger partial charge in [-0.3, -0.25) is 0 Å². The molecule has 1 heterocycles. The van der Waals surface area contributed by atoms with E-state index in [0.29, 0.717) is 17.5 Å². The van der Waals surface area contributed by atoms with Crippen LogP contribution < -0.4 is 9.47 Å². The van der Waals surface area contributed by atoms with Gasteiger partial charge in [-0.05, 0) is 36.8 Å². The van der Waals surface area contributed by atoms with Crippen LogP contribution in [0.4, 0.5) is 0 Å². The molecule has 0 bridgehead atoms. The molecule has 6 heteroatoms. The van der Waals surface area contributed by atoms with Crippen LogP contribution in [0.3, 0.4) is 0 Å². The SMILES string of the molecule is COc1cccc(-c2noc(COc3cccc(C(C)O)c3)n2)c1. The Hall–Kier alpha value is -2.86. The number of nitrogens with zero attached hydrogens (tertiary/aromatic N) is 2. The van der Waals surface area contributed by atoms with Crippen molar-refractivity contribution >= 4 is 0 Å². The molecule has 0 amide bonds. The lowest BCUT2D eigenvalue weighted by Gasteiger charge is -2.07. The third-order valence-electron chi connectivity index (χ3n) is 3.50. The molecule has 1 N–H and O–H groups in total. The number of aromatic nitrogens is 2. The maximum atomic E-state index is 9.60. The zero-order valence-electron chi connectivity index (χ0n) is 13.5. The number of ether oxygens (including phenoxy) is 2. The van der Waals surface area contributed by atoms with Crippen LogP contribution in [0.5, 0.6) is 11.5 Å². The predicted molar refractivity (Wildman–Crippen MR) is 87.7 cm³/mol. The van der Waals surface area contributed by atoms with Gasteiger partial charge in [0.15, 0.2) is 6.61 Å². The molecule has 0 saturated heterocycles. The standard InChI is InChI=1S/C18H18N2O4/c1-12(21)13-5-3-8-16(9-13)23-11-17-19-18(20-24-17)14-6-4-7-15(10-14)22-2/h3-10,12,21H,11H2,1-2H3. The third-order valence-corrected chi connectivity index (χ3v) is 3.50. The van der Waals surface area contributed by atoms with Crippen molar-refractivity contribution < 1.29 is 19.1 Å². The molecule has 3 aromatic rings. The van der Waals surface area contributed by atoms with E-state index in [0.717, 1.165) is 16.9 Å². The monoisotopic (exact) mass is 326 g/mol. The van der Waals surface area contributed by atoms with E-state index in [2.05, 4.69) is 10.1 Å². The summed E-state index contributed by atoms with van der Waals surface area (Å²) < 4.78 is 16.0. The Morgan fingerprint density at radius 3 is 2.71 bits per heavy atom. The fourth-order valence-corrected chi connectivity index (χ4v) is 2.20. The van der Waals surface area contributed by atoms with Gasteiger partial charge in [0.05, 0.1) is 13.2 Å². The summed E-state index contributed by atoms with van der Waals surface area (Å²) in [5, 5.41) is 13.6. The summed E-state index contributed by atoms with van der Waals surface area (Å²) in [5.41, 5.74) is 1.59. The van der Waals surface area contributed by atoms with E-state index in [-0.39, 0.29) is 6.61 Å². The van der Waals surface area contributed by atoms with Gasteiger partial charge < -0.3 is 19.1 Å². The van der Waals surface area contributed by atoms with Crippen LogP contribution in [-0.4, -0.2) is 22.4 Å². The Bertz CT molecular complexity index is 814. The maximum absolute atomic E-state index is 9.60. The molecular weight excluding hydrogens is 308 g/mol. The molecule has 0 aliphatic carbocycles. The minimum absolute atomic E-state index is 0.153. The molecule has 124 valence electrons. The molecule has 0 aliphatic rings. The van der Waals surface area contributed by atoms with Crippen LogP contribution in [0.2, 0.25) is 0 Å². The van der Waals surface area contributed by atoms with Crippen LogP contribution in [-0.2, 0) is 6.61 Å². The van der Waals surface area contributed by atoms with E-state index >= 15 is 0 Å². The van der Waals surface area contributed by atoms with E-state index in [4.69, 9.17) is 14.0 Å². The zero-order valence-corrected chi connectivity index (χ0v) is 13.5. The van der Waals surface area contributed by atoms with E-state index in [1.54, 1.807) is 20.1 Å². The Kier molecular flexibility index (Phi) is 4.77. The average molecular weight is 326 g/mol. The largest absolute Gasteiger partial charge is 0.497 e. The number of benzene rings is 2. The molecule has 0 radical (unpaired) electrons. The van der Waals surface area contributed by atoms with Crippen LogP contribution in [0.15, 0.2) is 53.1 Å². The fourth-order valence-electron chi connectivity index (χ4n) is 2.20. The summed E-state index contributed by atoms with van der Waals surface area (Å²) in [6, 6.07) is 14.7. The summed E-state index contributed by atoms with van der Waals surface area (Å²) >= 11 is 0. The molecule has 24 heavy (non-hydrogen) atoms. The Morgan fingerprint density at radius 2 is 1.92 bits per heavy atom. The molecule has 0 spiro atoms. The summed E-state index contributed by atoms with van der Waals surface area (Å²) in [6.07, 6.45) is -0.545. The number of hydrogen-bond acceptors (Lipinski definition) is 6. The van der Waals surface area contributed by atoms with E-state index < -0.39 is 6.10 Å². The molecule has 6 nitrogen and oxygen atoms in total. The summed E-state index contributed by atoms with van der Waals surface area (Å²) in [4.78, 5) is 4.32. The van der Waals surface area contributed by atoms with Gasteiger partial charge in [0.25, 0.3) is 5.89 Å². The number of methoxy groups -OCH3 is 1. The number of aliphatic hydroxyl groups is 1. The van der Waals surface area contributed by atoms with Crippen molar-refractivity contribution in [2.24, 2.45) is 0 Å². The topological polar surface area (TPSA) is 77.6 Å². The van der Waals surface area contributed by atoms with Gasteiger partial charge in [-0.2, -0.15) is 4.98 Å².